The van der Waals surface area contributed by atoms with Gasteiger partial charge >= 0.3 is 0 Å². The number of primary amides is 1. The molecule has 2 heterocycles. The summed E-state index contributed by atoms with van der Waals surface area (Å²) in [5.74, 6) is 0.232. The summed E-state index contributed by atoms with van der Waals surface area (Å²) in [5.41, 5.74) is 8.78. The van der Waals surface area contributed by atoms with Gasteiger partial charge in [-0.05, 0) is 61.7 Å². The first-order valence-electron chi connectivity index (χ1n) is 10.2. The van der Waals surface area contributed by atoms with E-state index in [-0.39, 0.29) is 5.76 Å². The summed E-state index contributed by atoms with van der Waals surface area (Å²) in [7, 11) is 0. The lowest BCUT2D eigenvalue weighted by molar-refractivity contribution is 0.0976. The van der Waals surface area contributed by atoms with Crippen LogP contribution in [0.5, 0.6) is 5.75 Å². The number of carbonyl (C=O) groups is 1. The molecule has 0 spiro atoms. The number of rotatable bonds is 9. The summed E-state index contributed by atoms with van der Waals surface area (Å²) >= 11 is 0. The molecule has 7 nitrogen and oxygen atoms in total. The monoisotopic (exact) mass is 416 g/mol. The van der Waals surface area contributed by atoms with E-state index in [0.29, 0.717) is 36.1 Å². The van der Waals surface area contributed by atoms with Crippen LogP contribution in [0, 0.1) is 11.3 Å². The van der Waals surface area contributed by atoms with Gasteiger partial charge in [0.25, 0.3) is 5.91 Å². The summed E-state index contributed by atoms with van der Waals surface area (Å²) < 4.78 is 11.2. The summed E-state index contributed by atoms with van der Waals surface area (Å²) in [5, 5.41) is 14.5. The first-order chi connectivity index (χ1) is 15.0. The summed E-state index contributed by atoms with van der Waals surface area (Å²) in [4.78, 5) is 14.5. The first kappa shape index (κ1) is 20.5. The molecule has 1 atom stereocenters. The van der Waals surface area contributed by atoms with Crippen molar-refractivity contribution in [3.63, 3.8) is 0 Å². The molecular weight excluding hydrogens is 392 g/mol. The van der Waals surface area contributed by atoms with Gasteiger partial charge in [0.2, 0.25) is 0 Å². The Labute approximate surface area is 179 Å². The molecule has 0 aliphatic heterocycles. The highest BCUT2D eigenvalue weighted by Crippen LogP contribution is 2.24. The fourth-order valence-electron chi connectivity index (χ4n) is 3.63. The van der Waals surface area contributed by atoms with E-state index in [4.69, 9.17) is 20.1 Å². The van der Waals surface area contributed by atoms with E-state index in [9.17, 15) is 4.79 Å². The number of aromatic nitrogens is 1. The van der Waals surface area contributed by atoms with E-state index in [1.54, 1.807) is 12.1 Å². The number of furan rings is 1. The molecule has 0 saturated carbocycles. The number of aromatic amines is 1. The van der Waals surface area contributed by atoms with Crippen LogP contribution >= 0.6 is 0 Å². The van der Waals surface area contributed by atoms with Gasteiger partial charge in [0, 0.05) is 41.1 Å². The SMILES string of the molecule is CC(CCc1c[nH]c2ccc(C#N)cc12)NCCOc1ccc2cc(C(N)=O)oc2c1. The molecule has 4 aromatic rings. The van der Waals surface area contributed by atoms with Gasteiger partial charge < -0.3 is 25.2 Å². The lowest BCUT2D eigenvalue weighted by Crippen LogP contribution is -2.30. The third-order valence-electron chi connectivity index (χ3n) is 5.34. The Morgan fingerprint density at radius 3 is 2.97 bits per heavy atom. The van der Waals surface area contributed by atoms with Gasteiger partial charge in [0.1, 0.15) is 17.9 Å². The van der Waals surface area contributed by atoms with E-state index in [1.165, 1.54) is 5.56 Å². The van der Waals surface area contributed by atoms with Gasteiger partial charge in [-0.2, -0.15) is 5.26 Å². The van der Waals surface area contributed by atoms with Crippen molar-refractivity contribution in [2.75, 3.05) is 13.2 Å². The number of nitrogens with two attached hydrogens (primary N) is 1. The van der Waals surface area contributed by atoms with Crippen LogP contribution in [0.15, 0.2) is 53.1 Å². The molecule has 0 aliphatic carbocycles. The third-order valence-corrected chi connectivity index (χ3v) is 5.34. The highest BCUT2D eigenvalue weighted by molar-refractivity contribution is 5.95. The largest absolute Gasteiger partial charge is 0.492 e. The Morgan fingerprint density at radius 1 is 1.29 bits per heavy atom. The van der Waals surface area contributed by atoms with Crippen molar-refractivity contribution < 1.29 is 13.9 Å². The zero-order valence-corrected chi connectivity index (χ0v) is 17.3. The van der Waals surface area contributed by atoms with Crippen molar-refractivity contribution >= 4 is 27.8 Å². The van der Waals surface area contributed by atoms with E-state index >= 15 is 0 Å². The predicted octanol–water partition coefficient (Wildman–Crippen LogP) is 3.87. The molecule has 1 unspecified atom stereocenters. The van der Waals surface area contributed by atoms with Crippen molar-refractivity contribution in [2.45, 2.75) is 25.8 Å². The zero-order chi connectivity index (χ0) is 21.8. The highest BCUT2D eigenvalue weighted by atomic mass is 16.5. The highest BCUT2D eigenvalue weighted by Gasteiger charge is 2.10. The Bertz CT molecular complexity index is 1270. The summed E-state index contributed by atoms with van der Waals surface area (Å²) in [6.45, 7) is 3.37. The normalized spacial score (nSPS) is 12.1. The van der Waals surface area contributed by atoms with E-state index in [1.807, 2.05) is 36.5 Å². The van der Waals surface area contributed by atoms with Gasteiger partial charge in [-0.3, -0.25) is 4.79 Å². The van der Waals surface area contributed by atoms with Crippen LogP contribution in [0.25, 0.3) is 21.9 Å². The van der Waals surface area contributed by atoms with Crippen molar-refractivity contribution in [1.29, 1.82) is 5.26 Å². The number of nitrogens with one attached hydrogen (secondary N) is 2. The van der Waals surface area contributed by atoms with Crippen LogP contribution in [-0.2, 0) is 6.42 Å². The van der Waals surface area contributed by atoms with Crippen LogP contribution in [0.2, 0.25) is 0 Å². The molecule has 0 saturated heterocycles. The minimum atomic E-state index is -0.588. The molecule has 1 amide bonds. The number of hydrogen-bond acceptors (Lipinski definition) is 5. The van der Waals surface area contributed by atoms with Crippen LogP contribution in [0.1, 0.15) is 35.0 Å². The number of hydrogen-bond donors (Lipinski definition) is 3. The maximum Gasteiger partial charge on any atom is 0.284 e. The standard InChI is InChI=1S/C24H24N4O3/c1-15(2-4-18-14-28-21-7-3-16(13-25)10-20(18)21)27-8-9-30-19-6-5-17-11-23(24(26)29)31-22(17)12-19/h3,5-7,10-12,14-15,27-28H,2,4,8-9H2,1H3,(H2,26,29). The Hall–Kier alpha value is -3.76. The molecule has 0 fully saturated rings. The maximum absolute atomic E-state index is 11.2. The minimum Gasteiger partial charge on any atom is -0.492 e. The molecular formula is C24H24N4O3. The fraction of sp³-hybridized carbons (Fsp3) is 0.250. The molecule has 2 aromatic carbocycles. The van der Waals surface area contributed by atoms with Gasteiger partial charge in [-0.25, -0.2) is 0 Å². The maximum atomic E-state index is 11.2. The van der Waals surface area contributed by atoms with Gasteiger partial charge in [-0.15, -0.1) is 0 Å². The number of H-pyrrole nitrogens is 1. The van der Waals surface area contributed by atoms with Crippen LogP contribution in [0.3, 0.4) is 0 Å². The molecule has 158 valence electrons. The zero-order valence-electron chi connectivity index (χ0n) is 17.3. The Balaban J connectivity index is 1.24. The van der Waals surface area contributed by atoms with E-state index in [2.05, 4.69) is 23.3 Å². The molecule has 0 radical (unpaired) electrons. The molecule has 4 N–H and O–H groups in total. The van der Waals surface area contributed by atoms with Crippen LogP contribution < -0.4 is 15.8 Å². The molecule has 2 aromatic heterocycles. The quantitative estimate of drug-likeness (QED) is 0.358. The number of amides is 1. The smallest absolute Gasteiger partial charge is 0.284 e. The van der Waals surface area contributed by atoms with Gasteiger partial charge in [0.05, 0.1) is 11.6 Å². The van der Waals surface area contributed by atoms with E-state index < -0.39 is 5.91 Å². The van der Waals surface area contributed by atoms with Crippen molar-refractivity contribution in [3.05, 3.63) is 65.5 Å². The molecule has 4 rings (SSSR count). The van der Waals surface area contributed by atoms with Gasteiger partial charge in [0.15, 0.2) is 5.76 Å². The first-order valence-corrected chi connectivity index (χ1v) is 10.2. The molecule has 31 heavy (non-hydrogen) atoms. The second-order valence-electron chi connectivity index (χ2n) is 7.60. The molecule has 7 heteroatoms. The van der Waals surface area contributed by atoms with Crippen LogP contribution in [0.4, 0.5) is 0 Å². The predicted molar refractivity (Wildman–Crippen MR) is 119 cm³/mol. The third kappa shape index (κ3) is 4.71. The average Bonchev–Trinajstić information content (AvgIpc) is 3.38. The average molecular weight is 416 g/mol. The van der Waals surface area contributed by atoms with Crippen molar-refractivity contribution in [3.8, 4) is 11.8 Å². The number of nitrogens with zero attached hydrogens (tertiary/aromatic N) is 1. The number of fused-ring (bicyclic) bond motifs is 2. The lowest BCUT2D eigenvalue weighted by atomic mass is 10.0. The second kappa shape index (κ2) is 8.94. The van der Waals surface area contributed by atoms with Crippen molar-refractivity contribution in [1.82, 2.24) is 10.3 Å². The fourth-order valence-corrected chi connectivity index (χ4v) is 3.63. The Kier molecular flexibility index (Phi) is 5.92. The number of benzene rings is 2. The summed E-state index contributed by atoms with van der Waals surface area (Å²) in [6.07, 6.45) is 3.91. The number of nitriles is 1. The minimum absolute atomic E-state index is 0.140. The Morgan fingerprint density at radius 2 is 2.16 bits per heavy atom. The topological polar surface area (TPSA) is 117 Å². The van der Waals surface area contributed by atoms with E-state index in [0.717, 1.165) is 29.1 Å². The van der Waals surface area contributed by atoms with Crippen LogP contribution in [-0.4, -0.2) is 30.1 Å². The number of ether oxygens (including phenoxy) is 1. The summed E-state index contributed by atoms with van der Waals surface area (Å²) in [6, 6.07) is 15.3. The number of aryl methyl sites for hydroxylation is 1. The van der Waals surface area contributed by atoms with Gasteiger partial charge in [-0.1, -0.05) is 0 Å². The molecule has 0 aliphatic rings. The molecule has 0 bridgehead atoms. The second-order valence-corrected chi connectivity index (χ2v) is 7.60. The number of carbonyl (C=O) groups excluding carboxylic acids is 1. The lowest BCUT2D eigenvalue weighted by Gasteiger charge is -2.14. The van der Waals surface area contributed by atoms with Crippen molar-refractivity contribution in [2.24, 2.45) is 5.73 Å².